The zero-order valence-corrected chi connectivity index (χ0v) is 9.52. The average molecular weight is 242 g/mol. The van der Waals surface area contributed by atoms with Crippen LogP contribution in [-0.2, 0) is 10.0 Å². The number of hydrogen-bond acceptors (Lipinski definition) is 3. The Hall–Kier alpha value is 0.160. The van der Waals surface area contributed by atoms with Crippen LogP contribution in [0.2, 0.25) is 0 Å². The average Bonchev–Trinajstić information content (AvgIpc) is 2.08. The molecule has 4 nitrogen and oxygen atoms in total. The Morgan fingerprint density at radius 3 is 2.57 bits per heavy atom. The maximum absolute atomic E-state index is 11.3. The minimum Gasteiger partial charge on any atom is -0.391 e. The molecule has 2 N–H and O–H groups in total. The molecule has 0 unspecified atom stereocenters. The zero-order valence-electron chi connectivity index (χ0n) is 7.95. The van der Waals surface area contributed by atoms with Crippen molar-refractivity contribution in [3.05, 3.63) is 0 Å². The van der Waals surface area contributed by atoms with Crippen LogP contribution in [0.3, 0.4) is 0 Å². The third-order valence-electron chi connectivity index (χ3n) is 2.41. The molecule has 1 aliphatic carbocycles. The van der Waals surface area contributed by atoms with Gasteiger partial charge in [0.1, 0.15) is 0 Å². The maximum atomic E-state index is 11.3. The Morgan fingerprint density at radius 2 is 2.00 bits per heavy atom. The van der Waals surface area contributed by atoms with Gasteiger partial charge in [-0.25, -0.2) is 13.1 Å². The molecular weight excluding hydrogens is 226 g/mol. The van der Waals surface area contributed by atoms with Crippen molar-refractivity contribution in [1.82, 2.24) is 4.72 Å². The predicted molar refractivity (Wildman–Crippen MR) is 55.9 cm³/mol. The monoisotopic (exact) mass is 241 g/mol. The van der Waals surface area contributed by atoms with Gasteiger partial charge in [0, 0.05) is 11.9 Å². The van der Waals surface area contributed by atoms with E-state index < -0.39 is 16.1 Å². The first-order chi connectivity index (χ1) is 6.55. The van der Waals surface area contributed by atoms with Crippen LogP contribution in [0.15, 0.2) is 0 Å². The third-order valence-corrected chi connectivity index (χ3v) is 4.22. The maximum Gasteiger partial charge on any atom is 0.213 e. The van der Waals surface area contributed by atoms with Crippen LogP contribution in [0.1, 0.15) is 25.7 Å². The molecule has 0 bridgehead atoms. The van der Waals surface area contributed by atoms with Gasteiger partial charge in [-0.15, -0.1) is 11.6 Å². The standard InChI is InChI=1S/C8H16ClNO3S/c9-5-6-14(12,13)10-7-3-1-2-4-8(7)11/h7-8,10-11H,1-6H2/t7-,8-/m1/s1. The highest BCUT2D eigenvalue weighted by Gasteiger charge is 2.26. The van der Waals surface area contributed by atoms with Gasteiger partial charge in [-0.05, 0) is 12.8 Å². The molecule has 0 spiro atoms. The molecule has 0 aliphatic heterocycles. The molecular formula is C8H16ClNO3S. The van der Waals surface area contributed by atoms with Gasteiger partial charge in [0.05, 0.1) is 11.9 Å². The molecule has 0 aromatic rings. The first-order valence-electron chi connectivity index (χ1n) is 4.79. The molecule has 0 amide bonds. The van der Waals surface area contributed by atoms with Crippen molar-refractivity contribution in [1.29, 1.82) is 0 Å². The van der Waals surface area contributed by atoms with E-state index in [1.165, 1.54) is 0 Å². The van der Waals surface area contributed by atoms with Gasteiger partial charge < -0.3 is 5.11 Å². The molecule has 0 saturated heterocycles. The number of rotatable bonds is 4. The van der Waals surface area contributed by atoms with E-state index in [0.717, 1.165) is 12.8 Å². The van der Waals surface area contributed by atoms with Crippen LogP contribution < -0.4 is 4.72 Å². The summed E-state index contributed by atoms with van der Waals surface area (Å²) in [6, 6.07) is -0.322. The van der Waals surface area contributed by atoms with Gasteiger partial charge in [-0.3, -0.25) is 0 Å². The smallest absolute Gasteiger partial charge is 0.213 e. The fourth-order valence-corrected chi connectivity index (χ4v) is 3.31. The minimum absolute atomic E-state index is 0.0815. The summed E-state index contributed by atoms with van der Waals surface area (Å²) < 4.78 is 25.2. The fourth-order valence-electron chi connectivity index (χ4n) is 1.64. The first-order valence-corrected chi connectivity index (χ1v) is 6.98. The highest BCUT2D eigenvalue weighted by atomic mass is 35.5. The van der Waals surface area contributed by atoms with E-state index in [-0.39, 0.29) is 17.7 Å². The largest absolute Gasteiger partial charge is 0.391 e. The predicted octanol–water partition coefficient (Wildman–Crippen LogP) is 0.448. The summed E-state index contributed by atoms with van der Waals surface area (Å²) in [7, 11) is -3.31. The normalized spacial score (nSPS) is 29.0. The van der Waals surface area contributed by atoms with E-state index in [9.17, 15) is 13.5 Å². The third kappa shape index (κ3) is 3.73. The molecule has 84 valence electrons. The number of sulfonamides is 1. The van der Waals surface area contributed by atoms with Crippen molar-refractivity contribution >= 4 is 21.6 Å². The molecule has 1 rings (SSSR count). The van der Waals surface area contributed by atoms with E-state index in [0.29, 0.717) is 12.8 Å². The minimum atomic E-state index is -3.31. The SMILES string of the molecule is O=S(=O)(CCCl)N[C@@H]1CCCC[C@H]1O. The van der Waals surface area contributed by atoms with Crippen LogP contribution in [0.4, 0.5) is 0 Å². The van der Waals surface area contributed by atoms with Crippen LogP contribution in [0.5, 0.6) is 0 Å². The van der Waals surface area contributed by atoms with Crippen molar-refractivity contribution in [3.8, 4) is 0 Å². The Kier molecular flexibility index (Phi) is 4.63. The van der Waals surface area contributed by atoms with Crippen molar-refractivity contribution in [3.63, 3.8) is 0 Å². The summed E-state index contributed by atoms with van der Waals surface area (Å²) in [5.74, 6) is -0.00404. The van der Waals surface area contributed by atoms with E-state index in [1.807, 2.05) is 0 Å². The molecule has 1 saturated carbocycles. The number of nitrogens with one attached hydrogen (secondary N) is 1. The highest BCUT2D eigenvalue weighted by molar-refractivity contribution is 7.89. The van der Waals surface area contributed by atoms with Crippen LogP contribution in [0.25, 0.3) is 0 Å². The molecule has 0 aromatic heterocycles. The summed E-state index contributed by atoms with van der Waals surface area (Å²) in [6.07, 6.45) is 2.77. The topological polar surface area (TPSA) is 66.4 Å². The molecule has 0 heterocycles. The fraction of sp³-hybridized carbons (Fsp3) is 1.00. The van der Waals surface area contributed by atoms with Crippen LogP contribution in [-0.4, -0.2) is 37.3 Å². The Balaban J connectivity index is 2.49. The molecule has 6 heteroatoms. The summed E-state index contributed by atoms with van der Waals surface area (Å²) >= 11 is 5.36. The summed E-state index contributed by atoms with van der Waals surface area (Å²) in [6.45, 7) is 0. The summed E-state index contributed by atoms with van der Waals surface area (Å²) in [5, 5.41) is 9.54. The Morgan fingerprint density at radius 1 is 1.36 bits per heavy atom. The number of halogens is 1. The second-order valence-electron chi connectivity index (χ2n) is 3.58. The van der Waals surface area contributed by atoms with E-state index in [2.05, 4.69) is 4.72 Å². The van der Waals surface area contributed by atoms with Gasteiger partial charge in [-0.2, -0.15) is 0 Å². The van der Waals surface area contributed by atoms with Gasteiger partial charge >= 0.3 is 0 Å². The van der Waals surface area contributed by atoms with E-state index in [1.54, 1.807) is 0 Å². The second kappa shape index (κ2) is 5.30. The molecule has 2 atom stereocenters. The van der Waals surface area contributed by atoms with E-state index in [4.69, 9.17) is 11.6 Å². The van der Waals surface area contributed by atoms with Crippen LogP contribution >= 0.6 is 11.6 Å². The van der Waals surface area contributed by atoms with Crippen molar-refractivity contribution in [2.75, 3.05) is 11.6 Å². The van der Waals surface area contributed by atoms with Gasteiger partial charge in [0.15, 0.2) is 0 Å². The van der Waals surface area contributed by atoms with Crippen molar-refractivity contribution < 1.29 is 13.5 Å². The molecule has 1 aliphatic rings. The Labute approximate surface area is 89.7 Å². The number of aliphatic hydroxyl groups excluding tert-OH is 1. The lowest BCUT2D eigenvalue weighted by atomic mass is 9.93. The second-order valence-corrected chi connectivity index (χ2v) is 5.84. The zero-order chi connectivity index (χ0) is 10.6. The van der Waals surface area contributed by atoms with Crippen LogP contribution in [0, 0.1) is 0 Å². The van der Waals surface area contributed by atoms with Gasteiger partial charge in [0.25, 0.3) is 0 Å². The summed E-state index contributed by atoms with van der Waals surface area (Å²) in [4.78, 5) is 0. The number of aliphatic hydroxyl groups is 1. The molecule has 1 fully saturated rings. The van der Waals surface area contributed by atoms with Crippen molar-refractivity contribution in [2.45, 2.75) is 37.8 Å². The molecule has 0 radical (unpaired) electrons. The molecule has 14 heavy (non-hydrogen) atoms. The molecule has 0 aromatic carbocycles. The van der Waals surface area contributed by atoms with Gasteiger partial charge in [0.2, 0.25) is 10.0 Å². The lowest BCUT2D eigenvalue weighted by Gasteiger charge is -2.27. The number of hydrogen-bond donors (Lipinski definition) is 2. The first kappa shape index (κ1) is 12.2. The number of alkyl halides is 1. The quantitative estimate of drug-likeness (QED) is 0.703. The highest BCUT2D eigenvalue weighted by Crippen LogP contribution is 2.18. The lowest BCUT2D eigenvalue weighted by molar-refractivity contribution is 0.101. The van der Waals surface area contributed by atoms with Crippen molar-refractivity contribution in [2.24, 2.45) is 0 Å². The van der Waals surface area contributed by atoms with Gasteiger partial charge in [-0.1, -0.05) is 12.8 Å². The Bertz CT molecular complexity index is 268. The summed E-state index contributed by atoms with van der Waals surface area (Å²) in [5.41, 5.74) is 0. The lowest BCUT2D eigenvalue weighted by Crippen LogP contribution is -2.45. The van der Waals surface area contributed by atoms with E-state index >= 15 is 0 Å².